The van der Waals surface area contributed by atoms with Crippen molar-refractivity contribution in [2.45, 2.75) is 6.04 Å². The number of nitrogens with zero attached hydrogens (tertiary/aromatic N) is 1. The Morgan fingerprint density at radius 3 is 3.13 bits per heavy atom. The lowest BCUT2D eigenvalue weighted by Crippen LogP contribution is -2.46. The zero-order valence-corrected chi connectivity index (χ0v) is 8.96. The SMILES string of the molecule is CNCC1COc2cccc(F)c2N1C. The average molecular weight is 210 g/mol. The van der Waals surface area contributed by atoms with E-state index in [2.05, 4.69) is 5.32 Å². The number of para-hydroxylation sites is 1. The highest BCUT2D eigenvalue weighted by molar-refractivity contribution is 5.61. The molecular formula is C11H15FN2O. The first-order valence-corrected chi connectivity index (χ1v) is 5.02. The van der Waals surface area contributed by atoms with E-state index in [1.165, 1.54) is 6.07 Å². The van der Waals surface area contributed by atoms with Crippen LogP contribution in [0, 0.1) is 5.82 Å². The molecule has 3 nitrogen and oxygen atoms in total. The molecule has 1 aliphatic heterocycles. The van der Waals surface area contributed by atoms with Crippen LogP contribution in [-0.2, 0) is 0 Å². The Kier molecular flexibility index (Phi) is 2.77. The fourth-order valence-electron chi connectivity index (χ4n) is 1.87. The highest BCUT2D eigenvalue weighted by Gasteiger charge is 2.26. The summed E-state index contributed by atoms with van der Waals surface area (Å²) < 4.78 is 19.1. The topological polar surface area (TPSA) is 24.5 Å². The Morgan fingerprint density at radius 1 is 1.60 bits per heavy atom. The summed E-state index contributed by atoms with van der Waals surface area (Å²) in [7, 11) is 3.77. The van der Waals surface area contributed by atoms with Gasteiger partial charge in [-0.3, -0.25) is 0 Å². The van der Waals surface area contributed by atoms with Crippen molar-refractivity contribution in [1.82, 2.24) is 5.32 Å². The number of halogens is 1. The van der Waals surface area contributed by atoms with Gasteiger partial charge in [0.15, 0.2) is 0 Å². The molecule has 0 fully saturated rings. The molecule has 0 saturated carbocycles. The van der Waals surface area contributed by atoms with Gasteiger partial charge < -0.3 is 15.0 Å². The Hall–Kier alpha value is -1.29. The van der Waals surface area contributed by atoms with E-state index in [0.29, 0.717) is 18.0 Å². The predicted octanol–water partition coefficient (Wildman–Crippen LogP) is 1.24. The van der Waals surface area contributed by atoms with Crippen LogP contribution in [0.4, 0.5) is 10.1 Å². The van der Waals surface area contributed by atoms with E-state index < -0.39 is 0 Å². The van der Waals surface area contributed by atoms with Crippen molar-refractivity contribution in [3.63, 3.8) is 0 Å². The summed E-state index contributed by atoms with van der Waals surface area (Å²) in [6.07, 6.45) is 0. The molecule has 2 rings (SSSR count). The van der Waals surface area contributed by atoms with Crippen molar-refractivity contribution in [2.75, 3.05) is 32.1 Å². The second-order valence-electron chi connectivity index (χ2n) is 3.72. The van der Waals surface area contributed by atoms with E-state index in [9.17, 15) is 4.39 Å². The molecular weight excluding hydrogens is 195 g/mol. The Balaban J connectivity index is 2.32. The molecule has 0 spiro atoms. The number of rotatable bonds is 2. The molecule has 82 valence electrons. The minimum absolute atomic E-state index is 0.180. The van der Waals surface area contributed by atoms with Gasteiger partial charge in [-0.2, -0.15) is 0 Å². The molecule has 1 atom stereocenters. The van der Waals surface area contributed by atoms with E-state index in [1.807, 2.05) is 19.0 Å². The Bertz CT molecular complexity index is 356. The summed E-state index contributed by atoms with van der Waals surface area (Å²) in [5, 5.41) is 3.07. The molecule has 15 heavy (non-hydrogen) atoms. The highest BCUT2D eigenvalue weighted by Crippen LogP contribution is 2.34. The van der Waals surface area contributed by atoms with Crippen molar-refractivity contribution in [3.8, 4) is 5.75 Å². The zero-order chi connectivity index (χ0) is 10.8. The smallest absolute Gasteiger partial charge is 0.150 e. The second kappa shape index (κ2) is 4.06. The largest absolute Gasteiger partial charge is 0.489 e. The molecule has 0 amide bonds. The van der Waals surface area contributed by atoms with Gasteiger partial charge >= 0.3 is 0 Å². The summed E-state index contributed by atoms with van der Waals surface area (Å²) >= 11 is 0. The van der Waals surface area contributed by atoms with Crippen LogP contribution in [0.2, 0.25) is 0 Å². The number of hydrogen-bond donors (Lipinski definition) is 1. The van der Waals surface area contributed by atoms with Crippen molar-refractivity contribution in [1.29, 1.82) is 0 Å². The summed E-state index contributed by atoms with van der Waals surface area (Å²) in [6, 6.07) is 5.10. The van der Waals surface area contributed by atoms with Crippen molar-refractivity contribution in [3.05, 3.63) is 24.0 Å². The summed E-state index contributed by atoms with van der Waals surface area (Å²) in [5.74, 6) is 0.403. The first-order chi connectivity index (χ1) is 7.24. The summed E-state index contributed by atoms with van der Waals surface area (Å²) in [5.41, 5.74) is 0.559. The third kappa shape index (κ3) is 1.77. The third-order valence-electron chi connectivity index (χ3n) is 2.72. The van der Waals surface area contributed by atoms with E-state index in [0.717, 1.165) is 6.54 Å². The molecule has 1 aromatic rings. The summed E-state index contributed by atoms with van der Waals surface area (Å²) in [4.78, 5) is 1.94. The molecule has 0 aliphatic carbocycles. The molecule has 1 aromatic carbocycles. The predicted molar refractivity (Wildman–Crippen MR) is 58.0 cm³/mol. The molecule has 1 N–H and O–H groups in total. The zero-order valence-electron chi connectivity index (χ0n) is 8.96. The Morgan fingerprint density at radius 2 is 2.40 bits per heavy atom. The molecule has 0 bridgehead atoms. The highest BCUT2D eigenvalue weighted by atomic mass is 19.1. The van der Waals surface area contributed by atoms with Crippen LogP contribution in [-0.4, -0.2) is 33.3 Å². The normalized spacial score (nSPS) is 19.7. The van der Waals surface area contributed by atoms with Gasteiger partial charge in [-0.05, 0) is 19.2 Å². The van der Waals surface area contributed by atoms with E-state index in [-0.39, 0.29) is 11.9 Å². The van der Waals surface area contributed by atoms with Gasteiger partial charge in [0, 0.05) is 13.6 Å². The second-order valence-corrected chi connectivity index (χ2v) is 3.72. The molecule has 1 unspecified atom stereocenters. The van der Waals surface area contributed by atoms with Crippen LogP contribution in [0.1, 0.15) is 0 Å². The van der Waals surface area contributed by atoms with E-state index in [4.69, 9.17) is 4.74 Å². The molecule has 4 heteroatoms. The number of hydrogen-bond acceptors (Lipinski definition) is 3. The van der Waals surface area contributed by atoms with Gasteiger partial charge in [-0.1, -0.05) is 6.07 Å². The van der Waals surface area contributed by atoms with Gasteiger partial charge in [0.1, 0.15) is 23.9 Å². The average Bonchev–Trinajstić information content (AvgIpc) is 2.22. The first kappa shape index (κ1) is 10.2. The lowest BCUT2D eigenvalue weighted by molar-refractivity contribution is 0.261. The number of ether oxygens (including phenoxy) is 1. The van der Waals surface area contributed by atoms with Gasteiger partial charge in [0.05, 0.1) is 6.04 Å². The lowest BCUT2D eigenvalue weighted by atomic mass is 10.1. The monoisotopic (exact) mass is 210 g/mol. The maximum atomic E-state index is 13.6. The van der Waals surface area contributed by atoms with Crippen LogP contribution in [0.25, 0.3) is 0 Å². The van der Waals surface area contributed by atoms with Crippen molar-refractivity contribution >= 4 is 5.69 Å². The lowest BCUT2D eigenvalue weighted by Gasteiger charge is -2.35. The fraction of sp³-hybridized carbons (Fsp3) is 0.455. The number of benzene rings is 1. The van der Waals surface area contributed by atoms with Gasteiger partial charge in [-0.25, -0.2) is 4.39 Å². The number of likely N-dealkylation sites (N-methyl/N-ethyl adjacent to an activating group) is 2. The van der Waals surface area contributed by atoms with Gasteiger partial charge in [0.25, 0.3) is 0 Å². The maximum Gasteiger partial charge on any atom is 0.150 e. The van der Waals surface area contributed by atoms with Crippen molar-refractivity contribution in [2.24, 2.45) is 0 Å². The van der Waals surface area contributed by atoms with Crippen LogP contribution >= 0.6 is 0 Å². The number of nitrogens with one attached hydrogen (secondary N) is 1. The van der Waals surface area contributed by atoms with Gasteiger partial charge in [0.2, 0.25) is 0 Å². The standard InChI is InChI=1S/C11H15FN2O/c1-13-6-8-7-15-10-5-3-4-9(12)11(10)14(8)2/h3-5,8,13H,6-7H2,1-2H3. The van der Waals surface area contributed by atoms with E-state index in [1.54, 1.807) is 12.1 Å². The minimum atomic E-state index is -0.226. The molecule has 1 aliphatic rings. The fourth-order valence-corrected chi connectivity index (χ4v) is 1.87. The molecule has 0 aromatic heterocycles. The van der Waals surface area contributed by atoms with Crippen LogP contribution in [0.15, 0.2) is 18.2 Å². The Labute approximate surface area is 88.8 Å². The third-order valence-corrected chi connectivity index (χ3v) is 2.72. The van der Waals surface area contributed by atoms with E-state index >= 15 is 0 Å². The molecule has 0 radical (unpaired) electrons. The number of fused-ring (bicyclic) bond motifs is 1. The first-order valence-electron chi connectivity index (χ1n) is 5.02. The van der Waals surface area contributed by atoms with Crippen LogP contribution in [0.5, 0.6) is 5.75 Å². The van der Waals surface area contributed by atoms with Crippen LogP contribution < -0.4 is 15.0 Å². The maximum absolute atomic E-state index is 13.6. The van der Waals surface area contributed by atoms with Crippen molar-refractivity contribution < 1.29 is 9.13 Å². The molecule has 0 saturated heterocycles. The quantitative estimate of drug-likeness (QED) is 0.795. The minimum Gasteiger partial charge on any atom is -0.489 e. The number of anilines is 1. The van der Waals surface area contributed by atoms with Crippen LogP contribution in [0.3, 0.4) is 0 Å². The van der Waals surface area contributed by atoms with Gasteiger partial charge in [-0.15, -0.1) is 0 Å². The molecule has 1 heterocycles. The summed E-state index contributed by atoms with van der Waals surface area (Å²) in [6.45, 7) is 1.37.